The summed E-state index contributed by atoms with van der Waals surface area (Å²) in [6.45, 7) is 6.96. The quantitative estimate of drug-likeness (QED) is 0.711. The Bertz CT molecular complexity index is 195. The molecule has 4 heteroatoms. The van der Waals surface area contributed by atoms with Crippen LogP contribution >= 0.6 is 0 Å². The Morgan fingerprint density at radius 2 is 1.93 bits per heavy atom. The minimum absolute atomic E-state index is 0.0886. The molecule has 0 spiro atoms. The van der Waals surface area contributed by atoms with Crippen LogP contribution in [0, 0.1) is 11.8 Å². The zero-order chi connectivity index (χ0) is 12.0. The molecule has 90 valence electrons. The molecule has 0 bridgehead atoms. The van der Waals surface area contributed by atoms with E-state index in [9.17, 15) is 4.79 Å². The Kier molecular flexibility index (Phi) is 6.52. The number of amides is 1. The molecule has 0 aliphatic rings. The van der Waals surface area contributed by atoms with Gasteiger partial charge in [0.15, 0.2) is 0 Å². The topological polar surface area (TPSA) is 55.6 Å². The Morgan fingerprint density at radius 3 is 2.27 bits per heavy atom. The second kappa shape index (κ2) is 6.80. The van der Waals surface area contributed by atoms with Crippen molar-refractivity contribution < 1.29 is 9.53 Å². The van der Waals surface area contributed by atoms with Crippen LogP contribution in [0.25, 0.3) is 0 Å². The highest BCUT2D eigenvalue weighted by molar-refractivity contribution is 5.79. The SMILES string of the molecule is COCC(C)N(C)C(=O)C(CN)C(C)C. The molecule has 2 atom stereocenters. The van der Waals surface area contributed by atoms with Crippen LogP contribution in [-0.4, -0.2) is 44.2 Å². The highest BCUT2D eigenvalue weighted by atomic mass is 16.5. The number of hydrogen-bond acceptors (Lipinski definition) is 3. The first-order valence-electron chi connectivity index (χ1n) is 5.41. The summed E-state index contributed by atoms with van der Waals surface area (Å²) in [6.07, 6.45) is 0. The summed E-state index contributed by atoms with van der Waals surface area (Å²) in [7, 11) is 3.44. The van der Waals surface area contributed by atoms with Crippen molar-refractivity contribution in [2.24, 2.45) is 17.6 Å². The van der Waals surface area contributed by atoms with E-state index in [1.807, 2.05) is 20.8 Å². The van der Waals surface area contributed by atoms with Gasteiger partial charge in [0.1, 0.15) is 0 Å². The Hall–Kier alpha value is -0.610. The van der Waals surface area contributed by atoms with E-state index in [0.717, 1.165) is 0 Å². The third-order valence-corrected chi connectivity index (χ3v) is 2.79. The fraction of sp³-hybridized carbons (Fsp3) is 0.909. The van der Waals surface area contributed by atoms with E-state index in [4.69, 9.17) is 10.5 Å². The van der Waals surface area contributed by atoms with E-state index in [1.165, 1.54) is 0 Å². The first-order valence-corrected chi connectivity index (χ1v) is 5.41. The minimum Gasteiger partial charge on any atom is -0.383 e. The van der Waals surface area contributed by atoms with Crippen molar-refractivity contribution in [2.75, 3.05) is 27.3 Å². The van der Waals surface area contributed by atoms with Crippen molar-refractivity contribution >= 4 is 5.91 Å². The van der Waals surface area contributed by atoms with E-state index < -0.39 is 0 Å². The average Bonchev–Trinajstić information content (AvgIpc) is 2.17. The van der Waals surface area contributed by atoms with Crippen LogP contribution in [0.5, 0.6) is 0 Å². The average molecular weight is 216 g/mol. The zero-order valence-electron chi connectivity index (χ0n) is 10.5. The number of carbonyl (C=O) groups is 1. The van der Waals surface area contributed by atoms with Crippen LogP contribution in [-0.2, 0) is 9.53 Å². The van der Waals surface area contributed by atoms with Gasteiger partial charge in [0.2, 0.25) is 5.91 Å². The lowest BCUT2D eigenvalue weighted by atomic mass is 9.94. The summed E-state index contributed by atoms with van der Waals surface area (Å²) >= 11 is 0. The van der Waals surface area contributed by atoms with Crippen molar-refractivity contribution in [1.82, 2.24) is 4.90 Å². The molecule has 0 aromatic rings. The van der Waals surface area contributed by atoms with Crippen LogP contribution < -0.4 is 5.73 Å². The van der Waals surface area contributed by atoms with Gasteiger partial charge in [0.25, 0.3) is 0 Å². The molecule has 0 fully saturated rings. The van der Waals surface area contributed by atoms with Gasteiger partial charge in [-0.15, -0.1) is 0 Å². The fourth-order valence-electron chi connectivity index (χ4n) is 1.49. The number of methoxy groups -OCH3 is 1. The summed E-state index contributed by atoms with van der Waals surface area (Å²) in [5, 5.41) is 0. The third kappa shape index (κ3) is 4.18. The molecule has 2 N–H and O–H groups in total. The summed E-state index contributed by atoms with van der Waals surface area (Å²) in [5.41, 5.74) is 5.61. The number of rotatable bonds is 6. The number of likely N-dealkylation sites (N-methyl/N-ethyl adjacent to an activating group) is 1. The second-order valence-corrected chi connectivity index (χ2v) is 4.34. The molecule has 0 heterocycles. The van der Waals surface area contributed by atoms with Gasteiger partial charge in [-0.1, -0.05) is 13.8 Å². The Balaban J connectivity index is 4.40. The number of nitrogens with zero attached hydrogens (tertiary/aromatic N) is 1. The van der Waals surface area contributed by atoms with E-state index in [-0.39, 0.29) is 23.8 Å². The maximum atomic E-state index is 12.0. The Morgan fingerprint density at radius 1 is 1.40 bits per heavy atom. The molecule has 0 saturated carbocycles. The standard InChI is InChI=1S/C11H24N2O2/c1-8(2)10(6-12)11(14)13(4)9(3)7-15-5/h8-10H,6-7,12H2,1-5H3. The highest BCUT2D eigenvalue weighted by Crippen LogP contribution is 2.13. The molecule has 0 aliphatic carbocycles. The molecular weight excluding hydrogens is 192 g/mol. The number of ether oxygens (including phenoxy) is 1. The molecule has 4 nitrogen and oxygen atoms in total. The lowest BCUT2D eigenvalue weighted by Gasteiger charge is -2.29. The zero-order valence-corrected chi connectivity index (χ0v) is 10.5. The van der Waals surface area contributed by atoms with Gasteiger partial charge in [-0.25, -0.2) is 0 Å². The largest absolute Gasteiger partial charge is 0.383 e. The molecule has 0 aromatic heterocycles. The van der Waals surface area contributed by atoms with Crippen LogP contribution in [0.3, 0.4) is 0 Å². The molecule has 2 unspecified atom stereocenters. The van der Waals surface area contributed by atoms with Gasteiger partial charge in [0, 0.05) is 20.7 Å². The molecule has 0 rings (SSSR count). The molecule has 0 radical (unpaired) electrons. The molecule has 0 aromatic carbocycles. The van der Waals surface area contributed by atoms with Gasteiger partial charge < -0.3 is 15.4 Å². The molecule has 0 saturated heterocycles. The van der Waals surface area contributed by atoms with Crippen molar-refractivity contribution in [2.45, 2.75) is 26.8 Å². The number of nitrogens with two attached hydrogens (primary N) is 1. The summed E-state index contributed by atoms with van der Waals surface area (Å²) in [6, 6.07) is 0.0929. The van der Waals surface area contributed by atoms with Gasteiger partial charge in [-0.2, -0.15) is 0 Å². The molecule has 0 aliphatic heterocycles. The lowest BCUT2D eigenvalue weighted by molar-refractivity contribution is -0.138. The smallest absolute Gasteiger partial charge is 0.227 e. The van der Waals surface area contributed by atoms with Gasteiger partial charge in [0.05, 0.1) is 18.6 Å². The predicted molar refractivity (Wildman–Crippen MR) is 61.5 cm³/mol. The first kappa shape index (κ1) is 14.4. The first-order chi connectivity index (χ1) is 6.95. The van der Waals surface area contributed by atoms with Crippen molar-refractivity contribution in [3.8, 4) is 0 Å². The van der Waals surface area contributed by atoms with Crippen LogP contribution in [0.2, 0.25) is 0 Å². The van der Waals surface area contributed by atoms with Gasteiger partial charge in [-0.3, -0.25) is 4.79 Å². The van der Waals surface area contributed by atoms with E-state index in [1.54, 1.807) is 19.1 Å². The second-order valence-electron chi connectivity index (χ2n) is 4.34. The van der Waals surface area contributed by atoms with E-state index >= 15 is 0 Å². The maximum Gasteiger partial charge on any atom is 0.227 e. The maximum absolute atomic E-state index is 12.0. The van der Waals surface area contributed by atoms with Gasteiger partial charge >= 0.3 is 0 Å². The Labute approximate surface area is 92.8 Å². The van der Waals surface area contributed by atoms with E-state index in [2.05, 4.69) is 0 Å². The monoisotopic (exact) mass is 216 g/mol. The normalized spacial score (nSPS) is 15.1. The van der Waals surface area contributed by atoms with Crippen LogP contribution in [0.15, 0.2) is 0 Å². The molecule has 1 amide bonds. The summed E-state index contributed by atoms with van der Waals surface area (Å²) < 4.78 is 5.02. The molecular formula is C11H24N2O2. The van der Waals surface area contributed by atoms with Crippen molar-refractivity contribution in [3.63, 3.8) is 0 Å². The van der Waals surface area contributed by atoms with Crippen LogP contribution in [0.4, 0.5) is 0 Å². The summed E-state index contributed by atoms with van der Waals surface area (Å²) in [5.74, 6) is 0.297. The van der Waals surface area contributed by atoms with Crippen molar-refractivity contribution in [3.05, 3.63) is 0 Å². The minimum atomic E-state index is -0.0886. The highest BCUT2D eigenvalue weighted by Gasteiger charge is 2.26. The van der Waals surface area contributed by atoms with E-state index in [0.29, 0.717) is 13.2 Å². The van der Waals surface area contributed by atoms with Crippen LogP contribution in [0.1, 0.15) is 20.8 Å². The number of hydrogen-bond donors (Lipinski definition) is 1. The van der Waals surface area contributed by atoms with Gasteiger partial charge in [-0.05, 0) is 12.8 Å². The summed E-state index contributed by atoms with van der Waals surface area (Å²) in [4.78, 5) is 13.7. The number of carbonyl (C=O) groups excluding carboxylic acids is 1. The third-order valence-electron chi connectivity index (χ3n) is 2.79. The van der Waals surface area contributed by atoms with Crippen molar-refractivity contribution in [1.29, 1.82) is 0 Å². The fourth-order valence-corrected chi connectivity index (χ4v) is 1.49. The lowest BCUT2D eigenvalue weighted by Crippen LogP contribution is -2.44. The predicted octanol–water partition coefficient (Wildman–Crippen LogP) is 0.711. The molecule has 15 heavy (non-hydrogen) atoms.